The largest absolute Gasteiger partial charge is 0.0991 e. The molecule has 0 bridgehead atoms. The Balaban J connectivity index is 2.09. The van der Waals surface area contributed by atoms with Crippen molar-refractivity contribution in [2.75, 3.05) is 0 Å². The highest BCUT2D eigenvalue weighted by molar-refractivity contribution is 8.07. The number of aryl methyl sites for hydroxylation is 1. The Labute approximate surface area is 221 Å². The maximum absolute atomic E-state index is 4.64. The molecule has 1 unspecified atom stereocenters. The number of allylic oxidation sites excluding steroid dienone is 13. The van der Waals surface area contributed by atoms with Crippen LogP contribution in [0, 0.1) is 6.92 Å². The summed E-state index contributed by atoms with van der Waals surface area (Å²) in [6.07, 6.45) is 19.7. The number of thioether (sulfide) groups is 1. The summed E-state index contributed by atoms with van der Waals surface area (Å²) in [5, 5.41) is 0. The summed E-state index contributed by atoms with van der Waals surface area (Å²) in [4.78, 5) is 2.29. The first-order chi connectivity index (χ1) is 17.4. The Hall–Kier alpha value is -3.55. The Kier molecular flexibility index (Phi) is 7.82. The van der Waals surface area contributed by atoms with Crippen LogP contribution in [0.4, 0.5) is 0 Å². The van der Waals surface area contributed by atoms with Crippen molar-refractivity contribution in [3.8, 4) is 0 Å². The smallest absolute Gasteiger partial charge is 0.0674 e. The fourth-order valence-electron chi connectivity index (χ4n) is 5.28. The molecule has 1 heterocycles. The summed E-state index contributed by atoms with van der Waals surface area (Å²) in [5.41, 5.74) is 9.78. The van der Waals surface area contributed by atoms with Crippen molar-refractivity contribution in [1.29, 1.82) is 0 Å². The molecule has 2 aromatic carbocycles. The number of rotatable bonds is 6. The molecule has 0 N–H and O–H groups in total. The molecule has 1 atom stereocenters. The van der Waals surface area contributed by atoms with Gasteiger partial charge in [0.2, 0.25) is 0 Å². The summed E-state index contributed by atoms with van der Waals surface area (Å²) in [7, 11) is 0. The van der Waals surface area contributed by atoms with Crippen LogP contribution in [0.1, 0.15) is 42.5 Å². The van der Waals surface area contributed by atoms with Gasteiger partial charge in [0, 0.05) is 15.4 Å². The van der Waals surface area contributed by atoms with Crippen LogP contribution in [0.5, 0.6) is 0 Å². The van der Waals surface area contributed by atoms with Crippen molar-refractivity contribution in [1.82, 2.24) is 0 Å². The van der Waals surface area contributed by atoms with Crippen LogP contribution in [-0.2, 0) is 5.41 Å². The summed E-state index contributed by atoms with van der Waals surface area (Å²) in [6, 6.07) is 17.8. The van der Waals surface area contributed by atoms with E-state index in [4.69, 9.17) is 0 Å². The standard InChI is InChI=1S/C35H34S/c1-7-9-12-17-27(5)35(29-18-13-11-14-19-29)31-20-15-16-26(4)33(21-10-8-2)36-28(6)34(31)30-23-22-25(3)24-32(30)35/h7-15,17-24H,1-2,6,16H2,3-5H3/b12-9-,20-15-,21-10-,27-17+,33-26-. The summed E-state index contributed by atoms with van der Waals surface area (Å²) in [5.74, 6) is 0. The van der Waals surface area contributed by atoms with E-state index in [2.05, 4.69) is 119 Å². The van der Waals surface area contributed by atoms with E-state index in [-0.39, 0.29) is 0 Å². The van der Waals surface area contributed by atoms with Crippen LogP contribution in [0.3, 0.4) is 0 Å². The van der Waals surface area contributed by atoms with Gasteiger partial charge in [-0.15, -0.1) is 0 Å². The highest BCUT2D eigenvalue weighted by Gasteiger charge is 2.47. The SMILES string of the molecule is C=C/C=C\C=C(/C)C1(c2ccccc2)C2=C(C(=C)SC(/C=C\C=C)=C(/C)C/C=C\2)c2ccc(C)cc21. The summed E-state index contributed by atoms with van der Waals surface area (Å²) >= 11 is 1.76. The van der Waals surface area contributed by atoms with Crippen molar-refractivity contribution in [2.24, 2.45) is 0 Å². The Bertz CT molecular complexity index is 1390. The zero-order valence-corrected chi connectivity index (χ0v) is 22.4. The van der Waals surface area contributed by atoms with Crippen molar-refractivity contribution in [3.63, 3.8) is 0 Å². The number of hydrogen-bond acceptors (Lipinski definition) is 1. The molecule has 1 heteroatoms. The summed E-state index contributed by atoms with van der Waals surface area (Å²) < 4.78 is 0. The monoisotopic (exact) mass is 486 g/mol. The van der Waals surface area contributed by atoms with Gasteiger partial charge in [0.1, 0.15) is 0 Å². The van der Waals surface area contributed by atoms with Gasteiger partial charge in [-0.25, -0.2) is 0 Å². The molecule has 0 radical (unpaired) electrons. The molecule has 0 nitrogen and oxygen atoms in total. The van der Waals surface area contributed by atoms with Gasteiger partial charge in [-0.05, 0) is 55.5 Å². The maximum atomic E-state index is 4.64. The van der Waals surface area contributed by atoms with Gasteiger partial charge in [-0.1, -0.05) is 145 Å². The molecule has 0 spiro atoms. The molecule has 4 rings (SSSR count). The van der Waals surface area contributed by atoms with Gasteiger partial charge in [0.25, 0.3) is 0 Å². The Morgan fingerprint density at radius 1 is 0.972 bits per heavy atom. The van der Waals surface area contributed by atoms with Crippen molar-refractivity contribution in [2.45, 2.75) is 32.6 Å². The topological polar surface area (TPSA) is 0 Å². The first kappa shape index (κ1) is 25.5. The zero-order valence-electron chi connectivity index (χ0n) is 21.6. The molecular formula is C35H34S. The minimum absolute atomic E-state index is 0.418. The molecule has 0 amide bonds. The van der Waals surface area contributed by atoms with E-state index in [1.54, 1.807) is 11.8 Å². The number of hydrogen-bond donors (Lipinski definition) is 0. The Morgan fingerprint density at radius 3 is 2.44 bits per heavy atom. The molecule has 180 valence electrons. The average Bonchev–Trinajstić information content (AvgIpc) is 3.18. The molecule has 1 aliphatic carbocycles. The van der Waals surface area contributed by atoms with E-state index in [9.17, 15) is 0 Å². The molecular weight excluding hydrogens is 452 g/mol. The van der Waals surface area contributed by atoms with Gasteiger partial charge in [-0.3, -0.25) is 0 Å². The third-order valence-electron chi connectivity index (χ3n) is 6.94. The molecule has 2 aromatic rings. The fourth-order valence-corrected chi connectivity index (χ4v) is 6.28. The van der Waals surface area contributed by atoms with Gasteiger partial charge in [-0.2, -0.15) is 0 Å². The summed E-state index contributed by atoms with van der Waals surface area (Å²) in [6.45, 7) is 19.0. The third-order valence-corrected chi connectivity index (χ3v) is 8.09. The minimum Gasteiger partial charge on any atom is -0.0991 e. The van der Waals surface area contributed by atoms with Crippen LogP contribution in [0.25, 0.3) is 5.57 Å². The fraction of sp³-hybridized carbons (Fsp3) is 0.143. The second-order valence-electron chi connectivity index (χ2n) is 9.30. The van der Waals surface area contributed by atoms with Crippen LogP contribution < -0.4 is 0 Å². The van der Waals surface area contributed by atoms with Gasteiger partial charge >= 0.3 is 0 Å². The lowest BCUT2D eigenvalue weighted by Gasteiger charge is -2.35. The molecule has 0 saturated carbocycles. The minimum atomic E-state index is -0.418. The molecule has 2 aliphatic rings. The second-order valence-corrected chi connectivity index (χ2v) is 10.4. The first-order valence-electron chi connectivity index (χ1n) is 12.4. The van der Waals surface area contributed by atoms with Crippen molar-refractivity contribution >= 4 is 17.3 Å². The van der Waals surface area contributed by atoms with Crippen molar-refractivity contribution < 1.29 is 0 Å². The highest BCUT2D eigenvalue weighted by Crippen LogP contribution is 2.58. The van der Waals surface area contributed by atoms with Crippen LogP contribution in [-0.4, -0.2) is 0 Å². The highest BCUT2D eigenvalue weighted by atomic mass is 32.2. The van der Waals surface area contributed by atoms with Crippen LogP contribution >= 0.6 is 11.8 Å². The lowest BCUT2D eigenvalue weighted by molar-refractivity contribution is 0.738. The number of fused-ring (bicyclic) bond motifs is 2. The van der Waals surface area contributed by atoms with E-state index in [0.29, 0.717) is 0 Å². The van der Waals surface area contributed by atoms with E-state index in [1.165, 1.54) is 49.5 Å². The average molecular weight is 487 g/mol. The Morgan fingerprint density at radius 2 is 1.72 bits per heavy atom. The predicted octanol–water partition coefficient (Wildman–Crippen LogP) is 9.96. The molecule has 0 saturated heterocycles. The van der Waals surface area contributed by atoms with Crippen molar-refractivity contribution in [3.05, 3.63) is 172 Å². The zero-order chi connectivity index (χ0) is 25.7. The normalized spacial score (nSPS) is 23.3. The van der Waals surface area contributed by atoms with E-state index in [1.807, 2.05) is 24.3 Å². The first-order valence-corrected chi connectivity index (χ1v) is 13.2. The molecule has 0 fully saturated rings. The van der Waals surface area contributed by atoms with E-state index in [0.717, 1.165) is 11.3 Å². The van der Waals surface area contributed by atoms with Crippen LogP contribution in [0.15, 0.2) is 149 Å². The predicted molar refractivity (Wildman–Crippen MR) is 161 cm³/mol. The van der Waals surface area contributed by atoms with Gasteiger partial charge < -0.3 is 0 Å². The van der Waals surface area contributed by atoms with Crippen LogP contribution in [0.2, 0.25) is 0 Å². The van der Waals surface area contributed by atoms with Gasteiger partial charge in [0.05, 0.1) is 5.41 Å². The molecule has 36 heavy (non-hydrogen) atoms. The third kappa shape index (κ3) is 4.52. The quantitative estimate of drug-likeness (QED) is 0.366. The lowest BCUT2D eigenvalue weighted by Crippen LogP contribution is -2.29. The van der Waals surface area contributed by atoms with E-state index >= 15 is 0 Å². The lowest BCUT2D eigenvalue weighted by atomic mass is 9.66. The second kappa shape index (κ2) is 11.0. The molecule has 0 aromatic heterocycles. The maximum Gasteiger partial charge on any atom is 0.0674 e. The number of benzene rings is 2. The van der Waals surface area contributed by atoms with E-state index < -0.39 is 5.41 Å². The molecule has 1 aliphatic heterocycles. The van der Waals surface area contributed by atoms with Gasteiger partial charge in [0.15, 0.2) is 0 Å².